The zero-order valence-corrected chi connectivity index (χ0v) is 17.9. The lowest BCUT2D eigenvalue weighted by Gasteiger charge is -2.44. The molecule has 150 valence electrons. The van der Waals surface area contributed by atoms with E-state index in [2.05, 4.69) is 17.9 Å². The van der Waals surface area contributed by atoms with Gasteiger partial charge in [-0.15, -0.1) is 17.5 Å². The van der Waals surface area contributed by atoms with Crippen LogP contribution in [0, 0.1) is 0 Å². The highest BCUT2D eigenvalue weighted by Crippen LogP contribution is 2.45. The van der Waals surface area contributed by atoms with Crippen LogP contribution in [0.3, 0.4) is 0 Å². The van der Waals surface area contributed by atoms with E-state index in [9.17, 15) is 4.79 Å². The number of halogens is 1. The van der Waals surface area contributed by atoms with Gasteiger partial charge in [-0.2, -0.15) is 0 Å². The summed E-state index contributed by atoms with van der Waals surface area (Å²) in [7, 11) is 1.64. The molecule has 2 atom stereocenters. The van der Waals surface area contributed by atoms with E-state index in [4.69, 9.17) is 16.3 Å². The third-order valence-electron chi connectivity index (χ3n) is 4.88. The molecule has 1 amide bonds. The van der Waals surface area contributed by atoms with Gasteiger partial charge in [-0.3, -0.25) is 4.79 Å². The number of thioether (sulfide) groups is 1. The number of hydrogen-bond acceptors (Lipinski definition) is 3. The highest BCUT2D eigenvalue weighted by atomic mass is 35.5. The largest absolute Gasteiger partial charge is 0.497 e. The predicted octanol–water partition coefficient (Wildman–Crippen LogP) is 6.22. The van der Waals surface area contributed by atoms with Crippen molar-refractivity contribution in [3.05, 3.63) is 107 Å². The highest BCUT2D eigenvalue weighted by Gasteiger charge is 2.47. The molecule has 0 bridgehead atoms. The van der Waals surface area contributed by atoms with Gasteiger partial charge in [0, 0.05) is 9.92 Å². The molecule has 1 aliphatic heterocycles. The topological polar surface area (TPSA) is 29.5 Å². The van der Waals surface area contributed by atoms with E-state index in [1.165, 1.54) is 0 Å². The fraction of sp³-hybridized carbons (Fsp3) is 0.120. The minimum absolute atomic E-state index is 0.0452. The molecule has 0 radical (unpaired) electrons. The van der Waals surface area contributed by atoms with Crippen molar-refractivity contribution >= 4 is 35.3 Å². The fourth-order valence-corrected chi connectivity index (χ4v) is 4.65. The van der Waals surface area contributed by atoms with Gasteiger partial charge >= 0.3 is 0 Å². The Bertz CT molecular complexity index is 1070. The number of carbonyl (C=O) groups excluding carboxylic acids is 1. The van der Waals surface area contributed by atoms with Crippen molar-refractivity contribution in [2.24, 2.45) is 0 Å². The number of amides is 1. The maximum absolute atomic E-state index is 12.9. The normalized spacial score (nSPS) is 17.7. The molecule has 2 unspecified atom stereocenters. The lowest BCUT2D eigenvalue weighted by molar-refractivity contribution is -0.140. The fourth-order valence-electron chi connectivity index (χ4n) is 3.30. The van der Waals surface area contributed by atoms with Crippen LogP contribution in [0.2, 0.25) is 5.02 Å². The summed E-state index contributed by atoms with van der Waals surface area (Å²) in [5.41, 5.74) is 5.24. The number of methoxy groups -OCH3 is 1. The van der Waals surface area contributed by atoms with Gasteiger partial charge < -0.3 is 9.64 Å². The van der Waals surface area contributed by atoms with Crippen LogP contribution in [-0.4, -0.2) is 23.2 Å². The summed E-state index contributed by atoms with van der Waals surface area (Å²) in [6.07, 6.45) is 3.59. The predicted molar refractivity (Wildman–Crippen MR) is 123 cm³/mol. The Morgan fingerprint density at radius 3 is 2.37 bits per heavy atom. The first kappa shape index (κ1) is 20.4. The number of carbonyl (C=O) groups is 1. The Morgan fingerprint density at radius 1 is 1.00 bits per heavy atom. The lowest BCUT2D eigenvalue weighted by Crippen LogP contribution is -2.54. The average Bonchev–Trinajstić information content (AvgIpc) is 2.79. The van der Waals surface area contributed by atoms with Crippen molar-refractivity contribution in [3.8, 4) is 5.75 Å². The summed E-state index contributed by atoms with van der Waals surface area (Å²) in [6.45, 7) is 0. The van der Waals surface area contributed by atoms with Crippen molar-refractivity contribution in [2.75, 3.05) is 7.11 Å². The Hall–Kier alpha value is -2.91. The molecule has 0 aromatic heterocycles. The van der Waals surface area contributed by atoms with Crippen molar-refractivity contribution < 1.29 is 9.53 Å². The van der Waals surface area contributed by atoms with Crippen molar-refractivity contribution in [2.45, 2.75) is 16.2 Å². The molecule has 0 spiro atoms. The minimum atomic E-state index is -0.187. The molecule has 0 aliphatic carbocycles. The van der Waals surface area contributed by atoms with E-state index in [1.807, 2.05) is 72.8 Å². The monoisotopic (exact) mass is 433 g/mol. The van der Waals surface area contributed by atoms with E-state index in [-0.39, 0.29) is 17.2 Å². The molecule has 1 heterocycles. The van der Waals surface area contributed by atoms with Crippen LogP contribution in [0.4, 0.5) is 0 Å². The summed E-state index contributed by atoms with van der Waals surface area (Å²) in [5.74, 6) is 0.875. The van der Waals surface area contributed by atoms with E-state index in [1.54, 1.807) is 30.0 Å². The van der Waals surface area contributed by atoms with Crippen LogP contribution in [0.25, 0.3) is 6.08 Å². The lowest BCUT2D eigenvalue weighted by atomic mass is 9.94. The minimum Gasteiger partial charge on any atom is -0.497 e. The maximum Gasteiger partial charge on any atom is 0.243 e. The van der Waals surface area contributed by atoms with Gasteiger partial charge in [-0.25, -0.2) is 0 Å². The maximum atomic E-state index is 12.9. The molecule has 1 saturated heterocycles. The van der Waals surface area contributed by atoms with Crippen LogP contribution in [0.5, 0.6) is 5.75 Å². The second-order valence-corrected chi connectivity index (χ2v) is 8.46. The molecule has 3 aromatic rings. The van der Waals surface area contributed by atoms with Crippen LogP contribution in [0.15, 0.2) is 95.7 Å². The van der Waals surface area contributed by atoms with Gasteiger partial charge in [0.2, 0.25) is 5.91 Å². The molecule has 4 rings (SSSR count). The Labute approximate surface area is 185 Å². The van der Waals surface area contributed by atoms with Crippen LogP contribution >= 0.6 is 23.4 Å². The zero-order valence-electron chi connectivity index (χ0n) is 16.4. The van der Waals surface area contributed by atoms with Gasteiger partial charge in [0.1, 0.15) is 11.0 Å². The Kier molecular flexibility index (Phi) is 6.29. The van der Waals surface area contributed by atoms with E-state index in [0.717, 1.165) is 21.8 Å². The number of hydrogen-bond donors (Lipinski definition) is 0. The van der Waals surface area contributed by atoms with Gasteiger partial charge in [0.05, 0.1) is 19.4 Å². The summed E-state index contributed by atoms with van der Waals surface area (Å²) in [5, 5.41) is 0.500. The number of likely N-dealkylation sites (tertiary alicyclic amines) is 1. The molecule has 3 aromatic carbocycles. The van der Waals surface area contributed by atoms with E-state index >= 15 is 0 Å². The molecule has 30 heavy (non-hydrogen) atoms. The summed E-state index contributed by atoms with van der Waals surface area (Å²) >= 11 is 7.56. The van der Waals surface area contributed by atoms with Gasteiger partial charge in [0.15, 0.2) is 0 Å². The third-order valence-corrected chi connectivity index (χ3v) is 6.39. The van der Waals surface area contributed by atoms with Crippen LogP contribution < -0.4 is 4.74 Å². The van der Waals surface area contributed by atoms with Gasteiger partial charge in [0.25, 0.3) is 0 Å². The van der Waals surface area contributed by atoms with Gasteiger partial charge in [-0.05, 0) is 53.6 Å². The van der Waals surface area contributed by atoms with Crippen molar-refractivity contribution in [1.82, 2.24) is 4.90 Å². The van der Waals surface area contributed by atoms with E-state index < -0.39 is 0 Å². The number of ether oxygens (including phenoxy) is 1. The quantitative estimate of drug-likeness (QED) is 0.341. The molecule has 3 nitrogen and oxygen atoms in total. The first-order valence-electron chi connectivity index (χ1n) is 9.52. The molecule has 0 saturated carbocycles. The molecule has 1 fully saturated rings. The number of benzene rings is 3. The smallest absolute Gasteiger partial charge is 0.243 e. The number of rotatable bonds is 6. The highest BCUT2D eigenvalue weighted by molar-refractivity contribution is 8.00. The molecule has 1 aliphatic rings. The molecule has 0 N–H and O–H groups in total. The first-order valence-corrected chi connectivity index (χ1v) is 10.8. The average molecular weight is 434 g/mol. The standard InChI is InChI=1S/C25H20ClNO2S/c1-29-21-13-9-18(10-14-21)6-5-17-27-23(19-7-3-2-4-8-19)24(25(27)28)30-22-15-11-20(26)12-16-22/h2-4,6-17,23-24H,1H3. The van der Waals surface area contributed by atoms with Crippen molar-refractivity contribution in [3.63, 3.8) is 0 Å². The van der Waals surface area contributed by atoms with Crippen LogP contribution in [-0.2, 0) is 4.79 Å². The summed E-state index contributed by atoms with van der Waals surface area (Å²) in [4.78, 5) is 15.7. The number of β-lactam (4-membered cyclic amide) rings is 1. The second kappa shape index (κ2) is 9.27. The number of nitrogens with zero attached hydrogens (tertiary/aromatic N) is 1. The summed E-state index contributed by atoms with van der Waals surface area (Å²) < 4.78 is 5.18. The Morgan fingerprint density at radius 2 is 1.70 bits per heavy atom. The zero-order chi connectivity index (χ0) is 20.9. The third kappa shape index (κ3) is 4.47. The Balaban J connectivity index is 1.56. The SMILES string of the molecule is COc1ccc(C=C=CN2C(=O)C(Sc3ccc(Cl)cc3)C2c2ccccc2)cc1. The molecular weight excluding hydrogens is 414 g/mol. The second-order valence-electron chi connectivity index (χ2n) is 6.81. The molecular formula is C25H20ClNO2S. The van der Waals surface area contributed by atoms with Gasteiger partial charge in [-0.1, -0.05) is 54.1 Å². The van der Waals surface area contributed by atoms with Crippen molar-refractivity contribution in [1.29, 1.82) is 0 Å². The molecule has 5 heteroatoms. The van der Waals surface area contributed by atoms with E-state index in [0.29, 0.717) is 5.02 Å². The first-order chi connectivity index (χ1) is 14.7. The summed E-state index contributed by atoms with van der Waals surface area (Å²) in [6, 6.07) is 25.3. The van der Waals surface area contributed by atoms with Crippen LogP contribution in [0.1, 0.15) is 17.2 Å².